The van der Waals surface area contributed by atoms with Crippen LogP contribution in [0.15, 0.2) is 29.8 Å². The average molecular weight is 475 g/mol. The van der Waals surface area contributed by atoms with E-state index in [1.165, 1.54) is 11.3 Å². The summed E-state index contributed by atoms with van der Waals surface area (Å²) >= 11 is 7.35. The number of halogens is 1. The van der Waals surface area contributed by atoms with Gasteiger partial charge in [-0.15, -0.1) is 11.3 Å². The molecule has 0 bridgehead atoms. The Hall–Kier alpha value is -2.91. The van der Waals surface area contributed by atoms with Crippen molar-refractivity contribution in [2.24, 2.45) is 5.92 Å². The molecule has 1 saturated heterocycles. The second-order valence-electron chi connectivity index (χ2n) is 7.61. The fraction of sp³-hybridized carbons (Fsp3) is 0.364. The van der Waals surface area contributed by atoms with Gasteiger partial charge in [0.25, 0.3) is 0 Å². The number of hydrogen-bond donors (Lipinski definition) is 2. The van der Waals surface area contributed by atoms with E-state index in [2.05, 4.69) is 15.3 Å². The van der Waals surface area contributed by atoms with Crippen LogP contribution in [-0.2, 0) is 32.0 Å². The molecule has 1 atom stereocenters. The molecule has 3 heterocycles. The SMILES string of the molecule is CCOC(=O)Cc1csc(NC(=O)[C@@H]2CC(=O)N(CCc3c[nH]c4ccc(Cl)cc34)C2)n1. The maximum Gasteiger partial charge on any atom is 0.311 e. The summed E-state index contributed by atoms with van der Waals surface area (Å²) in [5.74, 6) is -1.07. The largest absolute Gasteiger partial charge is 0.466 e. The monoisotopic (exact) mass is 474 g/mol. The molecule has 32 heavy (non-hydrogen) atoms. The highest BCUT2D eigenvalue weighted by Gasteiger charge is 2.34. The molecule has 2 N–H and O–H groups in total. The molecule has 8 nitrogen and oxygen atoms in total. The summed E-state index contributed by atoms with van der Waals surface area (Å²) in [6.45, 7) is 2.96. The predicted octanol–water partition coefficient (Wildman–Crippen LogP) is 3.41. The molecule has 1 aliphatic rings. The fourth-order valence-electron chi connectivity index (χ4n) is 3.79. The third kappa shape index (κ3) is 5.11. The number of rotatable bonds is 8. The van der Waals surface area contributed by atoms with Gasteiger partial charge in [0.2, 0.25) is 11.8 Å². The van der Waals surface area contributed by atoms with Gasteiger partial charge in [0.15, 0.2) is 5.13 Å². The van der Waals surface area contributed by atoms with Gasteiger partial charge < -0.3 is 19.9 Å². The first kappa shape index (κ1) is 22.3. The lowest BCUT2D eigenvalue weighted by atomic mass is 10.1. The van der Waals surface area contributed by atoms with E-state index in [9.17, 15) is 14.4 Å². The standard InChI is InChI=1S/C22H23ClN4O4S/c1-2-31-20(29)9-16-12-32-22(25-16)26-21(30)14-7-19(28)27(11-14)6-5-13-10-24-18-4-3-15(23)8-17(13)18/h3-4,8,10,12,14,24H,2,5-7,9,11H2,1H3,(H,25,26,30)/t14-/m1/s1. The van der Waals surface area contributed by atoms with E-state index in [1.807, 2.05) is 24.4 Å². The molecule has 1 aliphatic heterocycles. The lowest BCUT2D eigenvalue weighted by molar-refractivity contribution is -0.142. The topological polar surface area (TPSA) is 104 Å². The van der Waals surface area contributed by atoms with Gasteiger partial charge in [-0.2, -0.15) is 0 Å². The second-order valence-corrected chi connectivity index (χ2v) is 8.90. The van der Waals surface area contributed by atoms with Crippen molar-refractivity contribution in [3.8, 4) is 0 Å². The number of nitrogens with one attached hydrogen (secondary N) is 2. The molecule has 2 amide bonds. The van der Waals surface area contributed by atoms with Crippen molar-refractivity contribution in [3.05, 3.63) is 46.1 Å². The first-order valence-corrected chi connectivity index (χ1v) is 11.6. The van der Waals surface area contributed by atoms with Crippen molar-refractivity contribution < 1.29 is 19.1 Å². The molecular weight excluding hydrogens is 452 g/mol. The number of fused-ring (bicyclic) bond motifs is 1. The number of aromatic amines is 1. The summed E-state index contributed by atoms with van der Waals surface area (Å²) in [6.07, 6.45) is 2.84. The van der Waals surface area contributed by atoms with Crippen LogP contribution in [0.3, 0.4) is 0 Å². The van der Waals surface area contributed by atoms with Gasteiger partial charge in [0, 0.05) is 47.0 Å². The smallest absolute Gasteiger partial charge is 0.311 e. The number of thiazole rings is 1. The summed E-state index contributed by atoms with van der Waals surface area (Å²) in [5.41, 5.74) is 2.63. The number of ether oxygens (including phenoxy) is 1. The lowest BCUT2D eigenvalue weighted by Gasteiger charge is -2.16. The highest BCUT2D eigenvalue weighted by Crippen LogP contribution is 2.25. The number of esters is 1. The van der Waals surface area contributed by atoms with Crippen LogP contribution in [-0.4, -0.2) is 52.3 Å². The van der Waals surface area contributed by atoms with Crippen LogP contribution in [0.4, 0.5) is 5.13 Å². The zero-order valence-corrected chi connectivity index (χ0v) is 19.1. The Morgan fingerprint density at radius 3 is 3.06 bits per heavy atom. The summed E-state index contributed by atoms with van der Waals surface area (Å²) in [6, 6.07) is 5.67. The Morgan fingerprint density at radius 1 is 1.41 bits per heavy atom. The van der Waals surface area contributed by atoms with Gasteiger partial charge in [0.05, 0.1) is 24.6 Å². The lowest BCUT2D eigenvalue weighted by Crippen LogP contribution is -2.30. The van der Waals surface area contributed by atoms with Crippen LogP contribution in [0.25, 0.3) is 10.9 Å². The molecule has 0 spiro atoms. The Bertz CT molecular complexity index is 1160. The van der Waals surface area contributed by atoms with Gasteiger partial charge in [-0.25, -0.2) is 4.98 Å². The molecule has 10 heteroatoms. The van der Waals surface area contributed by atoms with E-state index in [4.69, 9.17) is 16.3 Å². The Kier molecular flexibility index (Phi) is 6.76. The molecule has 0 aliphatic carbocycles. The van der Waals surface area contributed by atoms with E-state index in [1.54, 1.807) is 17.2 Å². The van der Waals surface area contributed by atoms with Gasteiger partial charge in [0.1, 0.15) is 0 Å². The first-order chi connectivity index (χ1) is 15.4. The highest BCUT2D eigenvalue weighted by molar-refractivity contribution is 7.13. The Labute approximate surface area is 193 Å². The van der Waals surface area contributed by atoms with E-state index in [0.717, 1.165) is 16.5 Å². The van der Waals surface area contributed by atoms with Gasteiger partial charge in [-0.05, 0) is 37.1 Å². The van der Waals surface area contributed by atoms with Gasteiger partial charge in [-0.1, -0.05) is 11.6 Å². The van der Waals surface area contributed by atoms with Crippen molar-refractivity contribution in [2.45, 2.75) is 26.2 Å². The minimum atomic E-state index is -0.433. The van der Waals surface area contributed by atoms with Gasteiger partial charge in [-0.3, -0.25) is 14.4 Å². The Morgan fingerprint density at radius 2 is 2.25 bits per heavy atom. The molecule has 0 saturated carbocycles. The number of nitrogens with zero attached hydrogens (tertiary/aromatic N) is 2. The second kappa shape index (κ2) is 9.70. The third-order valence-electron chi connectivity index (χ3n) is 5.38. The average Bonchev–Trinajstić information content (AvgIpc) is 3.45. The predicted molar refractivity (Wildman–Crippen MR) is 123 cm³/mol. The van der Waals surface area contributed by atoms with Crippen LogP contribution < -0.4 is 5.32 Å². The van der Waals surface area contributed by atoms with E-state index in [-0.39, 0.29) is 30.6 Å². The minimum Gasteiger partial charge on any atom is -0.466 e. The maximum atomic E-state index is 12.7. The first-order valence-electron chi connectivity index (χ1n) is 10.4. The number of anilines is 1. The fourth-order valence-corrected chi connectivity index (χ4v) is 4.67. The minimum absolute atomic E-state index is 0.0369. The number of carbonyl (C=O) groups excluding carboxylic acids is 3. The molecule has 1 fully saturated rings. The zero-order valence-electron chi connectivity index (χ0n) is 17.5. The number of H-pyrrole nitrogens is 1. The summed E-state index contributed by atoms with van der Waals surface area (Å²) in [7, 11) is 0. The van der Waals surface area contributed by atoms with Crippen LogP contribution in [0.5, 0.6) is 0 Å². The van der Waals surface area contributed by atoms with Crippen molar-refractivity contribution in [1.29, 1.82) is 0 Å². The molecule has 1 aromatic carbocycles. The molecular formula is C22H23ClN4O4S. The van der Waals surface area contributed by atoms with Crippen LogP contribution in [0, 0.1) is 5.92 Å². The third-order valence-corrected chi connectivity index (χ3v) is 6.42. The number of aromatic nitrogens is 2. The Balaban J connectivity index is 1.31. The summed E-state index contributed by atoms with van der Waals surface area (Å²) < 4.78 is 4.91. The number of likely N-dealkylation sites (tertiary alicyclic amines) is 1. The summed E-state index contributed by atoms with van der Waals surface area (Å²) in [5, 5.41) is 6.60. The molecule has 0 radical (unpaired) electrons. The van der Waals surface area contributed by atoms with E-state index in [0.29, 0.717) is 42.0 Å². The maximum absolute atomic E-state index is 12.7. The normalized spacial score (nSPS) is 16.0. The molecule has 168 valence electrons. The number of amides is 2. The molecule has 3 aromatic rings. The number of benzene rings is 1. The quantitative estimate of drug-likeness (QED) is 0.487. The number of carbonyl (C=O) groups is 3. The van der Waals surface area contributed by atoms with E-state index < -0.39 is 5.92 Å². The molecule has 4 rings (SSSR count). The van der Waals surface area contributed by atoms with Crippen LogP contribution in [0.1, 0.15) is 24.6 Å². The zero-order chi connectivity index (χ0) is 22.7. The molecule has 0 unspecified atom stereocenters. The highest BCUT2D eigenvalue weighted by atomic mass is 35.5. The van der Waals surface area contributed by atoms with Crippen LogP contribution >= 0.6 is 22.9 Å². The van der Waals surface area contributed by atoms with Crippen molar-refractivity contribution in [1.82, 2.24) is 14.9 Å². The van der Waals surface area contributed by atoms with Crippen molar-refractivity contribution >= 4 is 56.8 Å². The van der Waals surface area contributed by atoms with Gasteiger partial charge >= 0.3 is 5.97 Å². The van der Waals surface area contributed by atoms with Crippen LogP contribution in [0.2, 0.25) is 5.02 Å². The van der Waals surface area contributed by atoms with E-state index >= 15 is 0 Å². The van der Waals surface area contributed by atoms with Crippen molar-refractivity contribution in [3.63, 3.8) is 0 Å². The number of hydrogen-bond acceptors (Lipinski definition) is 6. The molecule has 2 aromatic heterocycles. The summed E-state index contributed by atoms with van der Waals surface area (Å²) in [4.78, 5) is 45.9. The van der Waals surface area contributed by atoms with Crippen molar-refractivity contribution in [2.75, 3.05) is 25.0 Å².